The Kier molecular flexibility index (Phi) is 8.42. The summed E-state index contributed by atoms with van der Waals surface area (Å²) in [5.41, 5.74) is 3.32. The fraction of sp³-hybridized carbons (Fsp3) is 0.457. The summed E-state index contributed by atoms with van der Waals surface area (Å²) in [4.78, 5) is 54.9. The van der Waals surface area contributed by atoms with Crippen molar-refractivity contribution in [2.75, 3.05) is 0 Å². The number of fused-ring (bicyclic) bond motifs is 2. The van der Waals surface area contributed by atoms with Gasteiger partial charge in [-0.3, -0.25) is 19.2 Å². The molecular formula is C35H37NO7S. The van der Waals surface area contributed by atoms with E-state index in [-0.39, 0.29) is 47.2 Å². The molecule has 2 saturated carbocycles. The SMILES string of the molecule is CC(=O)C1CCC(C(=O)Oc2ccc(OC(=O)C3CCC(C(C)=O)CC3)c3sc(-c4cc5c(C)ccc(C)c5o4)nc23)CC1. The lowest BCUT2D eigenvalue weighted by atomic mass is 9.80. The van der Waals surface area contributed by atoms with Gasteiger partial charge in [0.1, 0.15) is 27.4 Å². The van der Waals surface area contributed by atoms with Crippen LogP contribution >= 0.6 is 11.3 Å². The summed E-state index contributed by atoms with van der Waals surface area (Å²) in [6, 6.07) is 9.33. The van der Waals surface area contributed by atoms with Gasteiger partial charge in [0, 0.05) is 17.2 Å². The molecule has 0 unspecified atom stereocenters. The zero-order chi connectivity index (χ0) is 31.1. The van der Waals surface area contributed by atoms with Crippen molar-refractivity contribution in [1.82, 2.24) is 4.98 Å². The van der Waals surface area contributed by atoms with Crippen LogP contribution in [0, 0.1) is 37.5 Å². The molecule has 9 heteroatoms. The minimum Gasteiger partial charge on any atom is -0.453 e. The van der Waals surface area contributed by atoms with E-state index in [1.807, 2.05) is 26.0 Å². The fourth-order valence-corrected chi connectivity index (χ4v) is 7.57. The Morgan fingerprint density at radius 2 is 1.23 bits per heavy atom. The highest BCUT2D eigenvalue weighted by Gasteiger charge is 2.32. The van der Waals surface area contributed by atoms with Crippen LogP contribution in [-0.2, 0) is 19.2 Å². The van der Waals surface area contributed by atoms with Crippen molar-refractivity contribution in [3.8, 4) is 22.3 Å². The van der Waals surface area contributed by atoms with Gasteiger partial charge < -0.3 is 13.9 Å². The Labute approximate surface area is 260 Å². The summed E-state index contributed by atoms with van der Waals surface area (Å²) in [5, 5.41) is 1.58. The molecule has 6 rings (SSSR count). The first kappa shape index (κ1) is 30.2. The van der Waals surface area contributed by atoms with Crippen LogP contribution in [0.1, 0.15) is 76.3 Å². The van der Waals surface area contributed by atoms with Gasteiger partial charge in [0.15, 0.2) is 22.3 Å². The number of ketones is 2. The smallest absolute Gasteiger partial charge is 0.314 e. The van der Waals surface area contributed by atoms with Gasteiger partial charge in [0.2, 0.25) is 0 Å². The molecule has 0 aliphatic heterocycles. The highest BCUT2D eigenvalue weighted by atomic mass is 32.1. The maximum absolute atomic E-state index is 13.2. The number of carbonyl (C=O) groups is 4. The van der Waals surface area contributed by atoms with E-state index < -0.39 is 0 Å². The van der Waals surface area contributed by atoms with Crippen molar-refractivity contribution < 1.29 is 33.1 Å². The van der Waals surface area contributed by atoms with Crippen LogP contribution in [0.3, 0.4) is 0 Å². The van der Waals surface area contributed by atoms with Crippen LogP contribution in [0.25, 0.3) is 32.0 Å². The molecule has 0 atom stereocenters. The number of benzene rings is 2. The number of nitrogens with zero attached hydrogens (tertiary/aromatic N) is 1. The van der Waals surface area contributed by atoms with E-state index >= 15 is 0 Å². The maximum atomic E-state index is 13.2. The lowest BCUT2D eigenvalue weighted by Crippen LogP contribution is -2.28. The van der Waals surface area contributed by atoms with E-state index in [1.165, 1.54) is 11.3 Å². The van der Waals surface area contributed by atoms with Crippen LogP contribution in [0.2, 0.25) is 0 Å². The number of carbonyl (C=O) groups excluding carboxylic acids is 4. The molecule has 4 aromatic rings. The summed E-state index contributed by atoms with van der Waals surface area (Å²) in [6.07, 6.45) is 5.16. The normalized spacial score (nSPS) is 22.2. The van der Waals surface area contributed by atoms with E-state index in [9.17, 15) is 19.2 Å². The van der Waals surface area contributed by atoms with E-state index in [0.717, 1.165) is 22.1 Å². The minimum atomic E-state index is -0.343. The van der Waals surface area contributed by atoms with Crippen molar-refractivity contribution in [3.05, 3.63) is 41.5 Å². The van der Waals surface area contributed by atoms with Crippen molar-refractivity contribution >= 4 is 56.0 Å². The fourth-order valence-electron chi connectivity index (χ4n) is 6.58. The van der Waals surface area contributed by atoms with Crippen LogP contribution in [0.5, 0.6) is 11.5 Å². The quantitative estimate of drug-likeness (QED) is 0.152. The molecule has 0 amide bonds. The van der Waals surface area contributed by atoms with E-state index in [4.69, 9.17) is 18.9 Å². The number of Topliss-reactive ketones (excluding diaryl/α,β-unsaturated/α-hetero) is 2. The molecule has 0 N–H and O–H groups in total. The van der Waals surface area contributed by atoms with Crippen LogP contribution < -0.4 is 9.47 Å². The Balaban J connectivity index is 1.31. The zero-order valence-electron chi connectivity index (χ0n) is 25.6. The van der Waals surface area contributed by atoms with Gasteiger partial charge in [-0.05, 0) is 108 Å². The molecule has 2 aromatic carbocycles. The Hall–Kier alpha value is -3.85. The first-order valence-corrected chi connectivity index (χ1v) is 16.3. The van der Waals surface area contributed by atoms with Crippen molar-refractivity contribution in [2.45, 2.75) is 79.1 Å². The second kappa shape index (κ2) is 12.3. The van der Waals surface area contributed by atoms with Crippen molar-refractivity contribution in [1.29, 1.82) is 0 Å². The van der Waals surface area contributed by atoms with Gasteiger partial charge in [-0.1, -0.05) is 12.1 Å². The molecule has 2 aliphatic rings. The third kappa shape index (κ3) is 5.94. The third-order valence-corrected chi connectivity index (χ3v) is 10.6. The van der Waals surface area contributed by atoms with Gasteiger partial charge in [0.05, 0.1) is 11.8 Å². The largest absolute Gasteiger partial charge is 0.453 e. The van der Waals surface area contributed by atoms with Crippen LogP contribution in [-0.4, -0.2) is 28.5 Å². The molecule has 2 heterocycles. The molecule has 0 saturated heterocycles. The molecule has 2 aliphatic carbocycles. The first-order chi connectivity index (χ1) is 21.1. The van der Waals surface area contributed by atoms with Crippen molar-refractivity contribution in [2.24, 2.45) is 23.7 Å². The number of esters is 2. The number of hydrogen-bond donors (Lipinski definition) is 0. The van der Waals surface area contributed by atoms with E-state index in [1.54, 1.807) is 26.0 Å². The highest BCUT2D eigenvalue weighted by Crippen LogP contribution is 2.43. The van der Waals surface area contributed by atoms with Gasteiger partial charge in [-0.2, -0.15) is 0 Å². The first-order valence-electron chi connectivity index (χ1n) is 15.5. The van der Waals surface area contributed by atoms with Gasteiger partial charge in [-0.15, -0.1) is 11.3 Å². The Bertz CT molecular complexity index is 1640. The van der Waals surface area contributed by atoms with Crippen LogP contribution in [0.15, 0.2) is 34.7 Å². The summed E-state index contributed by atoms with van der Waals surface area (Å²) in [5.74, 6) is 0.351. The van der Waals surface area contributed by atoms with E-state index in [0.29, 0.717) is 83.9 Å². The lowest BCUT2D eigenvalue weighted by molar-refractivity contribution is -0.141. The molecule has 44 heavy (non-hydrogen) atoms. The molecule has 2 aromatic heterocycles. The zero-order valence-corrected chi connectivity index (χ0v) is 26.4. The standard InChI is InChI=1S/C35H37NO7S/c1-18-5-6-19(2)31-26(18)17-29(41-31)33-36-30-27(42-34(39)24-11-7-22(8-12-24)20(3)37)15-16-28(32(30)44-33)43-35(40)25-13-9-23(10-14-25)21(4)38/h5-6,15-17,22-25H,7-14H2,1-4H3. The lowest BCUT2D eigenvalue weighted by Gasteiger charge is -2.25. The summed E-state index contributed by atoms with van der Waals surface area (Å²) in [7, 11) is 0. The molecule has 0 bridgehead atoms. The van der Waals surface area contributed by atoms with Gasteiger partial charge >= 0.3 is 11.9 Å². The van der Waals surface area contributed by atoms with Crippen LogP contribution in [0.4, 0.5) is 0 Å². The molecule has 230 valence electrons. The number of furan rings is 1. The molecule has 2 fully saturated rings. The second-order valence-electron chi connectivity index (χ2n) is 12.5. The average Bonchev–Trinajstić information content (AvgIpc) is 3.67. The van der Waals surface area contributed by atoms with Crippen molar-refractivity contribution in [3.63, 3.8) is 0 Å². The van der Waals surface area contributed by atoms with Gasteiger partial charge in [0.25, 0.3) is 0 Å². The molecule has 0 radical (unpaired) electrons. The topological polar surface area (TPSA) is 113 Å². The number of aryl methyl sites for hydroxylation is 2. The number of hydrogen-bond acceptors (Lipinski definition) is 9. The molecule has 8 nitrogen and oxygen atoms in total. The summed E-state index contributed by atoms with van der Waals surface area (Å²) >= 11 is 1.32. The minimum absolute atomic E-state index is 0.00872. The number of ether oxygens (including phenoxy) is 2. The molecular weight excluding hydrogens is 578 g/mol. The summed E-state index contributed by atoms with van der Waals surface area (Å²) < 4.78 is 18.8. The number of rotatable bonds is 7. The highest BCUT2D eigenvalue weighted by molar-refractivity contribution is 7.22. The Morgan fingerprint density at radius 1 is 0.727 bits per heavy atom. The van der Waals surface area contributed by atoms with E-state index in [2.05, 4.69) is 6.07 Å². The summed E-state index contributed by atoms with van der Waals surface area (Å²) in [6.45, 7) is 7.24. The average molecular weight is 616 g/mol. The van der Waals surface area contributed by atoms with Gasteiger partial charge in [-0.25, -0.2) is 4.98 Å². The molecule has 0 spiro atoms. The number of aromatic nitrogens is 1. The second-order valence-corrected chi connectivity index (χ2v) is 13.5. The number of thiazole rings is 1. The monoisotopic (exact) mass is 615 g/mol. The third-order valence-electron chi connectivity index (χ3n) is 9.47. The predicted molar refractivity (Wildman–Crippen MR) is 168 cm³/mol. The Morgan fingerprint density at radius 3 is 1.77 bits per heavy atom. The predicted octanol–water partition coefficient (Wildman–Crippen LogP) is 7.93. The maximum Gasteiger partial charge on any atom is 0.314 e.